The molecule has 0 amide bonds. The summed E-state index contributed by atoms with van der Waals surface area (Å²) in [5.41, 5.74) is 1.92. The van der Waals surface area contributed by atoms with E-state index in [-0.39, 0.29) is 0 Å². The molecule has 0 aromatic heterocycles. The van der Waals surface area contributed by atoms with Gasteiger partial charge in [0.1, 0.15) is 0 Å². The Bertz CT molecular complexity index is 429. The topological polar surface area (TPSA) is 21.3 Å². The highest BCUT2D eigenvalue weighted by Gasteiger charge is 2.44. The lowest BCUT2D eigenvalue weighted by atomic mass is 9.62. The molecule has 2 heterocycles. The number of hydrogen-bond acceptors (Lipinski definition) is 2. The molecule has 3 atom stereocenters. The predicted octanol–water partition coefficient (Wildman–Crippen LogP) is 3.71. The van der Waals surface area contributed by atoms with Crippen LogP contribution in [0.5, 0.6) is 0 Å². The summed E-state index contributed by atoms with van der Waals surface area (Å²) in [6, 6.07) is 8.90. The smallest absolute Gasteiger partial charge is 0.0552 e. The Morgan fingerprint density at radius 2 is 2.05 bits per heavy atom. The largest absolute Gasteiger partial charge is 0.378 e. The highest BCUT2D eigenvalue weighted by molar-refractivity contribution is 9.10. The van der Waals surface area contributed by atoms with Gasteiger partial charge >= 0.3 is 0 Å². The molecule has 1 aromatic carbocycles. The fourth-order valence-electron chi connectivity index (χ4n) is 3.88. The number of benzene rings is 1. The van der Waals surface area contributed by atoms with Crippen LogP contribution in [0.3, 0.4) is 0 Å². The highest BCUT2D eigenvalue weighted by Crippen LogP contribution is 2.49. The molecule has 3 heteroatoms. The van der Waals surface area contributed by atoms with Gasteiger partial charge in [0.15, 0.2) is 0 Å². The van der Waals surface area contributed by atoms with Crippen LogP contribution < -0.4 is 5.32 Å². The van der Waals surface area contributed by atoms with E-state index in [1.807, 2.05) is 0 Å². The van der Waals surface area contributed by atoms with Crippen molar-refractivity contribution in [3.63, 3.8) is 0 Å². The van der Waals surface area contributed by atoms with E-state index in [9.17, 15) is 0 Å². The first kappa shape index (κ1) is 13.6. The van der Waals surface area contributed by atoms with Crippen LogP contribution in [0.4, 0.5) is 0 Å². The maximum atomic E-state index is 5.78. The van der Waals surface area contributed by atoms with E-state index in [4.69, 9.17) is 4.74 Å². The first-order valence-corrected chi connectivity index (χ1v) is 8.07. The SMILES string of the molecule is CC1CC2(CCNCC2c2ccc(Br)cc2)CCO1. The number of nitrogens with one attached hydrogen (secondary N) is 1. The minimum atomic E-state index is 0.407. The van der Waals surface area contributed by atoms with Gasteiger partial charge in [0.2, 0.25) is 0 Å². The molecule has 0 saturated carbocycles. The van der Waals surface area contributed by atoms with Gasteiger partial charge in [-0.2, -0.15) is 0 Å². The minimum absolute atomic E-state index is 0.407. The molecule has 0 radical (unpaired) electrons. The van der Waals surface area contributed by atoms with Crippen molar-refractivity contribution >= 4 is 15.9 Å². The molecule has 19 heavy (non-hydrogen) atoms. The van der Waals surface area contributed by atoms with Gasteiger partial charge in [0, 0.05) is 23.5 Å². The molecular weight excluding hydrogens is 302 g/mol. The van der Waals surface area contributed by atoms with Crippen LogP contribution in [0.1, 0.15) is 37.7 Å². The summed E-state index contributed by atoms with van der Waals surface area (Å²) >= 11 is 3.53. The van der Waals surface area contributed by atoms with E-state index >= 15 is 0 Å². The van der Waals surface area contributed by atoms with E-state index in [1.54, 1.807) is 0 Å². The zero-order chi connectivity index (χ0) is 13.3. The van der Waals surface area contributed by atoms with Crippen LogP contribution in [0.2, 0.25) is 0 Å². The first-order chi connectivity index (χ1) is 9.20. The van der Waals surface area contributed by atoms with Gasteiger partial charge < -0.3 is 10.1 Å². The summed E-state index contributed by atoms with van der Waals surface area (Å²) in [5, 5.41) is 3.58. The van der Waals surface area contributed by atoms with Gasteiger partial charge in [-0.15, -0.1) is 0 Å². The molecule has 2 aliphatic heterocycles. The molecule has 1 aromatic rings. The van der Waals surface area contributed by atoms with Gasteiger partial charge in [-0.05, 0) is 55.8 Å². The van der Waals surface area contributed by atoms with E-state index in [0.29, 0.717) is 17.4 Å². The Morgan fingerprint density at radius 1 is 1.26 bits per heavy atom. The fraction of sp³-hybridized carbons (Fsp3) is 0.625. The van der Waals surface area contributed by atoms with E-state index in [0.717, 1.165) is 24.2 Å². The van der Waals surface area contributed by atoms with Gasteiger partial charge in [-0.3, -0.25) is 0 Å². The molecular formula is C16H22BrNO. The lowest BCUT2D eigenvalue weighted by molar-refractivity contribution is -0.0596. The van der Waals surface area contributed by atoms with Crippen molar-refractivity contribution in [2.24, 2.45) is 5.41 Å². The molecule has 1 spiro atoms. The summed E-state index contributed by atoms with van der Waals surface area (Å²) in [7, 11) is 0. The van der Waals surface area contributed by atoms with Gasteiger partial charge in [0.05, 0.1) is 6.10 Å². The molecule has 2 nitrogen and oxygen atoms in total. The van der Waals surface area contributed by atoms with Crippen molar-refractivity contribution in [1.82, 2.24) is 5.32 Å². The lowest BCUT2D eigenvalue weighted by Gasteiger charge is -2.49. The van der Waals surface area contributed by atoms with Crippen LogP contribution in [0, 0.1) is 5.41 Å². The van der Waals surface area contributed by atoms with Crippen LogP contribution in [0.25, 0.3) is 0 Å². The van der Waals surface area contributed by atoms with Crippen molar-refractivity contribution in [2.75, 3.05) is 19.7 Å². The average molecular weight is 324 g/mol. The summed E-state index contributed by atoms with van der Waals surface area (Å²) in [4.78, 5) is 0. The monoisotopic (exact) mass is 323 g/mol. The summed E-state index contributed by atoms with van der Waals surface area (Å²) < 4.78 is 6.94. The second-order valence-corrected chi connectivity index (χ2v) is 6.97. The van der Waals surface area contributed by atoms with Crippen molar-refractivity contribution < 1.29 is 4.74 Å². The standard InChI is InChI=1S/C16H22BrNO/c1-12-10-16(7-9-19-12)6-8-18-11-15(16)13-2-4-14(17)5-3-13/h2-5,12,15,18H,6-11H2,1H3. The van der Waals surface area contributed by atoms with E-state index < -0.39 is 0 Å². The van der Waals surface area contributed by atoms with Crippen LogP contribution in [0.15, 0.2) is 28.7 Å². The van der Waals surface area contributed by atoms with Crippen molar-refractivity contribution in [1.29, 1.82) is 0 Å². The van der Waals surface area contributed by atoms with Crippen molar-refractivity contribution in [2.45, 2.75) is 38.2 Å². The first-order valence-electron chi connectivity index (χ1n) is 7.27. The van der Waals surface area contributed by atoms with Crippen molar-refractivity contribution in [3.8, 4) is 0 Å². The van der Waals surface area contributed by atoms with Crippen LogP contribution >= 0.6 is 15.9 Å². The Balaban J connectivity index is 1.90. The summed E-state index contributed by atoms with van der Waals surface area (Å²) in [6.45, 7) is 5.41. The number of halogens is 1. The number of piperidine rings is 1. The second kappa shape index (κ2) is 5.55. The quantitative estimate of drug-likeness (QED) is 0.850. The van der Waals surface area contributed by atoms with Crippen molar-refractivity contribution in [3.05, 3.63) is 34.3 Å². The Morgan fingerprint density at radius 3 is 2.79 bits per heavy atom. The third-order valence-electron chi connectivity index (χ3n) is 4.86. The molecule has 3 unspecified atom stereocenters. The fourth-order valence-corrected chi connectivity index (χ4v) is 4.15. The molecule has 1 N–H and O–H groups in total. The number of hydrogen-bond donors (Lipinski definition) is 1. The summed E-state index contributed by atoms with van der Waals surface area (Å²) in [6.07, 6.45) is 4.10. The van der Waals surface area contributed by atoms with Crippen LogP contribution in [-0.2, 0) is 4.74 Å². The van der Waals surface area contributed by atoms with Gasteiger partial charge in [0.25, 0.3) is 0 Å². The zero-order valence-electron chi connectivity index (χ0n) is 11.5. The van der Waals surface area contributed by atoms with Gasteiger partial charge in [-0.1, -0.05) is 28.1 Å². The predicted molar refractivity (Wildman–Crippen MR) is 81.5 cm³/mol. The third kappa shape index (κ3) is 2.74. The summed E-state index contributed by atoms with van der Waals surface area (Å²) in [5.74, 6) is 0.626. The molecule has 3 rings (SSSR count). The average Bonchev–Trinajstić information content (AvgIpc) is 2.40. The molecule has 0 bridgehead atoms. The highest BCUT2D eigenvalue weighted by atomic mass is 79.9. The lowest BCUT2D eigenvalue weighted by Crippen LogP contribution is -2.48. The van der Waals surface area contributed by atoms with Gasteiger partial charge in [-0.25, -0.2) is 0 Å². The Labute approximate surface area is 124 Å². The third-order valence-corrected chi connectivity index (χ3v) is 5.38. The Hall–Kier alpha value is -0.380. The maximum absolute atomic E-state index is 5.78. The number of rotatable bonds is 1. The molecule has 2 aliphatic rings. The second-order valence-electron chi connectivity index (χ2n) is 6.06. The molecule has 2 saturated heterocycles. The minimum Gasteiger partial charge on any atom is -0.378 e. The zero-order valence-corrected chi connectivity index (χ0v) is 13.1. The van der Waals surface area contributed by atoms with E-state index in [2.05, 4.69) is 52.4 Å². The Kier molecular flexibility index (Phi) is 3.97. The van der Waals surface area contributed by atoms with E-state index in [1.165, 1.54) is 24.8 Å². The molecule has 104 valence electrons. The number of ether oxygens (including phenoxy) is 1. The van der Waals surface area contributed by atoms with Crippen LogP contribution in [-0.4, -0.2) is 25.8 Å². The normalized spacial score (nSPS) is 35.5. The maximum Gasteiger partial charge on any atom is 0.0552 e. The molecule has 0 aliphatic carbocycles. The molecule has 2 fully saturated rings.